The van der Waals surface area contributed by atoms with Crippen LogP contribution in [0.4, 0.5) is 0 Å². The number of esters is 1. The Balaban J connectivity index is 2.36. The highest BCUT2D eigenvalue weighted by molar-refractivity contribution is 5.70. The Morgan fingerprint density at radius 1 is 1.39 bits per heavy atom. The van der Waals surface area contributed by atoms with Gasteiger partial charge in [0.1, 0.15) is 5.60 Å². The van der Waals surface area contributed by atoms with Gasteiger partial charge in [-0.15, -0.1) is 0 Å². The third-order valence-corrected chi connectivity index (χ3v) is 3.50. The van der Waals surface area contributed by atoms with E-state index in [0.717, 1.165) is 19.5 Å². The first-order valence-corrected chi connectivity index (χ1v) is 7.19. The van der Waals surface area contributed by atoms with Crippen molar-refractivity contribution in [3.05, 3.63) is 0 Å². The Labute approximate surface area is 112 Å². The molecule has 3 nitrogen and oxygen atoms in total. The number of carbonyl (C=O) groups is 1. The zero-order valence-electron chi connectivity index (χ0n) is 12.6. The van der Waals surface area contributed by atoms with Gasteiger partial charge in [-0.25, -0.2) is 0 Å². The molecule has 0 aromatic rings. The maximum atomic E-state index is 11.8. The van der Waals surface area contributed by atoms with Crippen molar-refractivity contribution in [2.24, 2.45) is 11.3 Å². The second-order valence-corrected chi connectivity index (χ2v) is 6.95. The van der Waals surface area contributed by atoms with Crippen LogP contribution < -0.4 is 5.32 Å². The van der Waals surface area contributed by atoms with Gasteiger partial charge in [0.25, 0.3) is 0 Å². The lowest BCUT2D eigenvalue weighted by Crippen LogP contribution is -2.54. The van der Waals surface area contributed by atoms with E-state index in [2.05, 4.69) is 19.2 Å². The van der Waals surface area contributed by atoms with Crippen LogP contribution in [0.25, 0.3) is 0 Å². The zero-order chi connectivity index (χ0) is 13.8. The van der Waals surface area contributed by atoms with Crippen LogP contribution in [0.5, 0.6) is 0 Å². The summed E-state index contributed by atoms with van der Waals surface area (Å²) in [7, 11) is 0. The topological polar surface area (TPSA) is 38.3 Å². The van der Waals surface area contributed by atoms with Gasteiger partial charge in [0.2, 0.25) is 0 Å². The average molecular weight is 255 g/mol. The van der Waals surface area contributed by atoms with Gasteiger partial charge in [-0.2, -0.15) is 0 Å². The standard InChI is InChI=1S/C15H29NO2/c1-6-7-15(10-16-11-15)9-12(2)8-13(17)18-14(3,4)5/h12,16H,6-11H2,1-5H3. The number of hydrogen-bond acceptors (Lipinski definition) is 3. The van der Waals surface area contributed by atoms with E-state index in [4.69, 9.17) is 4.74 Å². The van der Waals surface area contributed by atoms with Crippen molar-refractivity contribution < 1.29 is 9.53 Å². The summed E-state index contributed by atoms with van der Waals surface area (Å²) in [5.41, 5.74) is 0.0755. The largest absolute Gasteiger partial charge is 0.460 e. The molecule has 3 heteroatoms. The van der Waals surface area contributed by atoms with E-state index in [9.17, 15) is 4.79 Å². The van der Waals surface area contributed by atoms with E-state index in [-0.39, 0.29) is 11.6 Å². The predicted molar refractivity (Wildman–Crippen MR) is 74.5 cm³/mol. The summed E-state index contributed by atoms with van der Waals surface area (Å²) < 4.78 is 5.38. The Morgan fingerprint density at radius 3 is 2.39 bits per heavy atom. The van der Waals surface area contributed by atoms with Crippen LogP contribution in [0.2, 0.25) is 0 Å². The maximum absolute atomic E-state index is 11.8. The SMILES string of the molecule is CCCC1(CC(C)CC(=O)OC(C)(C)C)CNC1. The summed E-state index contributed by atoms with van der Waals surface area (Å²) in [6.07, 6.45) is 4.16. The quantitative estimate of drug-likeness (QED) is 0.741. The van der Waals surface area contributed by atoms with Gasteiger partial charge in [-0.05, 0) is 44.9 Å². The van der Waals surface area contributed by atoms with Gasteiger partial charge < -0.3 is 10.1 Å². The van der Waals surface area contributed by atoms with Crippen LogP contribution in [0.3, 0.4) is 0 Å². The first kappa shape index (κ1) is 15.5. The second-order valence-electron chi connectivity index (χ2n) is 6.95. The van der Waals surface area contributed by atoms with E-state index in [1.165, 1.54) is 12.8 Å². The first-order valence-electron chi connectivity index (χ1n) is 7.19. The lowest BCUT2D eigenvalue weighted by Gasteiger charge is -2.44. The zero-order valence-corrected chi connectivity index (χ0v) is 12.6. The number of rotatable bonds is 6. The molecule has 106 valence electrons. The number of carbonyl (C=O) groups excluding carboxylic acids is 1. The smallest absolute Gasteiger partial charge is 0.306 e. The normalized spacial score (nSPS) is 20.1. The average Bonchev–Trinajstić information content (AvgIpc) is 2.10. The van der Waals surface area contributed by atoms with Crippen molar-refractivity contribution in [3.63, 3.8) is 0 Å². The fraction of sp³-hybridized carbons (Fsp3) is 0.933. The molecular formula is C15H29NO2. The Morgan fingerprint density at radius 2 is 2.00 bits per heavy atom. The highest BCUT2D eigenvalue weighted by Gasteiger charge is 2.37. The summed E-state index contributed by atoms with van der Waals surface area (Å²) in [4.78, 5) is 11.8. The molecule has 0 saturated carbocycles. The molecule has 0 bridgehead atoms. The Kier molecular flexibility index (Phi) is 5.20. The summed E-state index contributed by atoms with van der Waals surface area (Å²) in [6, 6.07) is 0. The lowest BCUT2D eigenvalue weighted by atomic mass is 9.71. The number of hydrogen-bond donors (Lipinski definition) is 1. The van der Waals surface area contributed by atoms with Crippen molar-refractivity contribution in [1.29, 1.82) is 0 Å². The number of ether oxygens (including phenoxy) is 1. The van der Waals surface area contributed by atoms with Crippen molar-refractivity contribution in [2.75, 3.05) is 13.1 Å². The summed E-state index contributed by atoms with van der Waals surface area (Å²) >= 11 is 0. The summed E-state index contributed by atoms with van der Waals surface area (Å²) in [6.45, 7) is 12.4. The molecule has 1 aliphatic rings. The monoisotopic (exact) mass is 255 g/mol. The maximum Gasteiger partial charge on any atom is 0.306 e. The molecule has 0 aromatic carbocycles. The minimum Gasteiger partial charge on any atom is -0.460 e. The summed E-state index contributed by atoms with van der Waals surface area (Å²) in [5, 5.41) is 3.37. The van der Waals surface area contributed by atoms with E-state index >= 15 is 0 Å². The van der Waals surface area contributed by atoms with Gasteiger partial charge in [0, 0.05) is 19.5 Å². The molecule has 0 spiro atoms. The number of nitrogens with one attached hydrogen (secondary N) is 1. The molecule has 1 rings (SSSR count). The van der Waals surface area contributed by atoms with Crippen LogP contribution >= 0.6 is 0 Å². The molecule has 1 atom stereocenters. The molecule has 1 unspecified atom stereocenters. The van der Waals surface area contributed by atoms with Crippen LogP contribution in [0.15, 0.2) is 0 Å². The van der Waals surface area contributed by atoms with Gasteiger partial charge in [-0.3, -0.25) is 4.79 Å². The predicted octanol–water partition coefficient (Wildman–Crippen LogP) is 3.13. The molecule has 0 aliphatic carbocycles. The summed E-state index contributed by atoms with van der Waals surface area (Å²) in [5.74, 6) is 0.349. The first-order chi connectivity index (χ1) is 8.26. The third-order valence-electron chi connectivity index (χ3n) is 3.50. The van der Waals surface area contributed by atoms with Gasteiger partial charge in [0.05, 0.1) is 0 Å². The molecule has 1 N–H and O–H groups in total. The minimum absolute atomic E-state index is 0.0612. The van der Waals surface area contributed by atoms with Crippen LogP contribution in [-0.4, -0.2) is 24.7 Å². The molecule has 0 aromatic heterocycles. The molecule has 0 radical (unpaired) electrons. The molecule has 1 aliphatic heterocycles. The van der Waals surface area contributed by atoms with Crippen LogP contribution in [-0.2, 0) is 9.53 Å². The van der Waals surface area contributed by atoms with Gasteiger partial charge >= 0.3 is 5.97 Å². The van der Waals surface area contributed by atoms with Crippen molar-refractivity contribution >= 4 is 5.97 Å². The molecule has 1 fully saturated rings. The third kappa shape index (κ3) is 4.97. The van der Waals surface area contributed by atoms with E-state index in [1.807, 2.05) is 20.8 Å². The molecule has 1 saturated heterocycles. The van der Waals surface area contributed by atoms with Gasteiger partial charge in [-0.1, -0.05) is 20.3 Å². The second kappa shape index (κ2) is 6.05. The van der Waals surface area contributed by atoms with E-state index in [0.29, 0.717) is 17.8 Å². The Hall–Kier alpha value is -0.570. The lowest BCUT2D eigenvalue weighted by molar-refractivity contribution is -0.156. The van der Waals surface area contributed by atoms with Crippen molar-refractivity contribution in [1.82, 2.24) is 5.32 Å². The van der Waals surface area contributed by atoms with E-state index < -0.39 is 0 Å². The highest BCUT2D eigenvalue weighted by Crippen LogP contribution is 2.36. The minimum atomic E-state index is -0.365. The van der Waals surface area contributed by atoms with Crippen LogP contribution in [0.1, 0.15) is 60.3 Å². The van der Waals surface area contributed by atoms with Crippen LogP contribution in [0, 0.1) is 11.3 Å². The van der Waals surface area contributed by atoms with Gasteiger partial charge in [0.15, 0.2) is 0 Å². The van der Waals surface area contributed by atoms with Crippen molar-refractivity contribution in [3.8, 4) is 0 Å². The molecular weight excluding hydrogens is 226 g/mol. The Bertz CT molecular complexity index is 277. The molecule has 18 heavy (non-hydrogen) atoms. The fourth-order valence-corrected chi connectivity index (χ4v) is 2.91. The molecule has 1 heterocycles. The molecule has 0 amide bonds. The van der Waals surface area contributed by atoms with E-state index in [1.54, 1.807) is 0 Å². The highest BCUT2D eigenvalue weighted by atomic mass is 16.6. The fourth-order valence-electron chi connectivity index (χ4n) is 2.91. The van der Waals surface area contributed by atoms with Crippen molar-refractivity contribution in [2.45, 2.75) is 65.9 Å².